The largest absolute Gasteiger partial charge is 0.335 e. The van der Waals surface area contributed by atoms with Crippen LogP contribution in [0, 0.1) is 0 Å². The Morgan fingerprint density at radius 1 is 1.16 bits per heavy atom. The zero-order valence-electron chi connectivity index (χ0n) is 14.1. The molecule has 0 aliphatic carbocycles. The molecule has 1 aliphatic heterocycles. The Kier molecular flexibility index (Phi) is 5.48. The SMILES string of the molecule is CN1CCNCC1c1noc(/C=C/c2cccc3ccccc23)n1.Cl. The number of halogens is 1. The molecule has 6 heteroatoms. The molecule has 1 saturated heterocycles. The van der Waals surface area contributed by atoms with Gasteiger partial charge in [0.1, 0.15) is 0 Å². The number of hydrogen-bond acceptors (Lipinski definition) is 5. The van der Waals surface area contributed by atoms with Gasteiger partial charge in [0.25, 0.3) is 5.89 Å². The highest BCUT2D eigenvalue weighted by atomic mass is 35.5. The zero-order chi connectivity index (χ0) is 16.4. The number of benzene rings is 2. The summed E-state index contributed by atoms with van der Waals surface area (Å²) in [5.74, 6) is 1.28. The molecule has 130 valence electrons. The van der Waals surface area contributed by atoms with Crippen LogP contribution in [-0.2, 0) is 0 Å². The second kappa shape index (κ2) is 7.78. The van der Waals surface area contributed by atoms with E-state index in [1.165, 1.54) is 10.8 Å². The molecule has 1 N–H and O–H groups in total. The summed E-state index contributed by atoms with van der Waals surface area (Å²) in [4.78, 5) is 6.78. The lowest BCUT2D eigenvalue weighted by atomic mass is 10.0. The maximum absolute atomic E-state index is 5.40. The van der Waals surface area contributed by atoms with E-state index in [4.69, 9.17) is 4.52 Å². The van der Waals surface area contributed by atoms with Crippen LogP contribution in [0.5, 0.6) is 0 Å². The van der Waals surface area contributed by atoms with Crippen LogP contribution in [-0.4, -0.2) is 41.7 Å². The van der Waals surface area contributed by atoms with Crippen molar-refractivity contribution in [1.29, 1.82) is 0 Å². The molecule has 2 heterocycles. The average Bonchev–Trinajstić information content (AvgIpc) is 3.09. The van der Waals surface area contributed by atoms with Crippen LogP contribution < -0.4 is 5.32 Å². The standard InChI is InChI=1S/C19H20N4O.ClH/c1-23-12-11-20-13-17(23)19-21-18(24-22-19)10-9-15-7-4-6-14-5-2-3-8-16(14)15;/h2-10,17,20H,11-13H2,1H3;1H/b10-9+;. The quantitative estimate of drug-likeness (QED) is 0.779. The third-order valence-electron chi connectivity index (χ3n) is 4.50. The molecule has 1 atom stereocenters. The Labute approximate surface area is 153 Å². The summed E-state index contributed by atoms with van der Waals surface area (Å²) in [5, 5.41) is 9.95. The van der Waals surface area contributed by atoms with Crippen LogP contribution in [0.4, 0.5) is 0 Å². The van der Waals surface area contributed by atoms with Gasteiger partial charge in [-0.25, -0.2) is 0 Å². The Morgan fingerprint density at radius 3 is 2.88 bits per heavy atom. The number of nitrogens with zero attached hydrogens (tertiary/aromatic N) is 3. The van der Waals surface area contributed by atoms with Crippen molar-refractivity contribution in [2.24, 2.45) is 0 Å². The van der Waals surface area contributed by atoms with E-state index in [1.54, 1.807) is 0 Å². The number of fused-ring (bicyclic) bond motifs is 1. The average molecular weight is 357 g/mol. The summed E-state index contributed by atoms with van der Waals surface area (Å²) >= 11 is 0. The van der Waals surface area contributed by atoms with E-state index in [0.717, 1.165) is 31.0 Å². The van der Waals surface area contributed by atoms with Crippen LogP contribution in [0.25, 0.3) is 22.9 Å². The summed E-state index contributed by atoms with van der Waals surface area (Å²) < 4.78 is 5.40. The summed E-state index contributed by atoms with van der Waals surface area (Å²) in [5.41, 5.74) is 1.14. The Morgan fingerprint density at radius 2 is 2.00 bits per heavy atom. The summed E-state index contributed by atoms with van der Waals surface area (Å²) in [6, 6.07) is 14.8. The number of nitrogens with one attached hydrogen (secondary N) is 1. The normalized spacial score (nSPS) is 18.5. The van der Waals surface area contributed by atoms with E-state index in [9.17, 15) is 0 Å². The molecule has 1 fully saturated rings. The van der Waals surface area contributed by atoms with Crippen LogP contribution >= 0.6 is 12.4 Å². The van der Waals surface area contributed by atoms with Crippen LogP contribution in [0.2, 0.25) is 0 Å². The van der Waals surface area contributed by atoms with E-state index in [-0.39, 0.29) is 18.4 Å². The molecule has 0 amide bonds. The van der Waals surface area contributed by atoms with Gasteiger partial charge < -0.3 is 9.84 Å². The predicted molar refractivity (Wildman–Crippen MR) is 103 cm³/mol. The first-order valence-corrected chi connectivity index (χ1v) is 8.22. The molecule has 1 aliphatic rings. The Balaban J connectivity index is 0.00000182. The molecule has 0 saturated carbocycles. The van der Waals surface area contributed by atoms with Crippen molar-refractivity contribution in [3.05, 3.63) is 59.7 Å². The molecule has 1 aromatic heterocycles. The van der Waals surface area contributed by atoms with E-state index >= 15 is 0 Å². The molecule has 1 unspecified atom stereocenters. The van der Waals surface area contributed by atoms with Crippen LogP contribution in [0.1, 0.15) is 23.3 Å². The molecule has 25 heavy (non-hydrogen) atoms. The van der Waals surface area contributed by atoms with Gasteiger partial charge in [0.2, 0.25) is 0 Å². The number of likely N-dealkylation sites (N-methyl/N-ethyl adjacent to an activating group) is 1. The van der Waals surface area contributed by atoms with Crippen molar-refractivity contribution < 1.29 is 4.52 Å². The van der Waals surface area contributed by atoms with Gasteiger partial charge in [-0.15, -0.1) is 12.4 Å². The number of rotatable bonds is 3. The third kappa shape index (κ3) is 3.74. The van der Waals surface area contributed by atoms with Gasteiger partial charge in [0.05, 0.1) is 6.04 Å². The number of aromatic nitrogens is 2. The Bertz CT molecular complexity index is 871. The second-order valence-electron chi connectivity index (χ2n) is 6.09. The van der Waals surface area contributed by atoms with E-state index in [2.05, 4.69) is 69.9 Å². The first-order valence-electron chi connectivity index (χ1n) is 8.22. The minimum atomic E-state index is 0. The first-order chi connectivity index (χ1) is 11.8. The summed E-state index contributed by atoms with van der Waals surface area (Å²) in [6.07, 6.45) is 3.91. The van der Waals surface area contributed by atoms with Crippen molar-refractivity contribution in [2.75, 3.05) is 26.7 Å². The smallest absolute Gasteiger partial charge is 0.250 e. The van der Waals surface area contributed by atoms with Gasteiger partial charge >= 0.3 is 0 Å². The predicted octanol–water partition coefficient (Wildman–Crippen LogP) is 3.39. The van der Waals surface area contributed by atoms with Crippen molar-refractivity contribution in [1.82, 2.24) is 20.4 Å². The Hall–Kier alpha value is -2.21. The zero-order valence-corrected chi connectivity index (χ0v) is 14.9. The molecule has 2 aromatic carbocycles. The summed E-state index contributed by atoms with van der Waals surface area (Å²) in [7, 11) is 2.09. The first kappa shape index (κ1) is 17.6. The minimum absolute atomic E-state index is 0. The van der Waals surface area contributed by atoms with Gasteiger partial charge in [-0.3, -0.25) is 4.90 Å². The minimum Gasteiger partial charge on any atom is -0.335 e. The van der Waals surface area contributed by atoms with Crippen molar-refractivity contribution in [3.8, 4) is 0 Å². The van der Waals surface area contributed by atoms with Crippen molar-refractivity contribution in [2.45, 2.75) is 6.04 Å². The molecule has 0 bridgehead atoms. The highest BCUT2D eigenvalue weighted by Gasteiger charge is 2.24. The molecular formula is C19H21ClN4O. The van der Waals surface area contributed by atoms with Gasteiger partial charge in [0.15, 0.2) is 5.82 Å². The monoisotopic (exact) mass is 356 g/mol. The maximum atomic E-state index is 5.40. The van der Waals surface area contributed by atoms with Gasteiger partial charge in [-0.2, -0.15) is 4.98 Å². The molecule has 5 nitrogen and oxygen atoms in total. The highest BCUT2D eigenvalue weighted by Crippen LogP contribution is 2.21. The van der Waals surface area contributed by atoms with Crippen LogP contribution in [0.15, 0.2) is 47.0 Å². The molecule has 4 rings (SSSR count). The fraction of sp³-hybridized carbons (Fsp3) is 0.263. The lowest BCUT2D eigenvalue weighted by Gasteiger charge is -2.30. The summed E-state index contributed by atoms with van der Waals surface area (Å²) in [6.45, 7) is 2.83. The van der Waals surface area contributed by atoms with E-state index < -0.39 is 0 Å². The molecule has 0 radical (unpaired) electrons. The van der Waals surface area contributed by atoms with Crippen molar-refractivity contribution in [3.63, 3.8) is 0 Å². The topological polar surface area (TPSA) is 54.2 Å². The molecule has 3 aromatic rings. The fourth-order valence-electron chi connectivity index (χ4n) is 3.10. The van der Waals surface area contributed by atoms with E-state index in [0.29, 0.717) is 5.89 Å². The van der Waals surface area contributed by atoms with Crippen molar-refractivity contribution >= 4 is 35.3 Å². The number of hydrogen-bond donors (Lipinski definition) is 1. The van der Waals surface area contributed by atoms with Gasteiger partial charge in [-0.05, 0) is 29.5 Å². The van der Waals surface area contributed by atoms with Gasteiger partial charge in [0, 0.05) is 25.7 Å². The third-order valence-corrected chi connectivity index (χ3v) is 4.50. The van der Waals surface area contributed by atoms with E-state index in [1.807, 2.05) is 12.2 Å². The molecular weight excluding hydrogens is 336 g/mol. The fourth-order valence-corrected chi connectivity index (χ4v) is 3.10. The lowest BCUT2D eigenvalue weighted by molar-refractivity contribution is 0.190. The maximum Gasteiger partial charge on any atom is 0.250 e. The second-order valence-corrected chi connectivity index (χ2v) is 6.09. The lowest BCUT2D eigenvalue weighted by Crippen LogP contribution is -2.44. The van der Waals surface area contributed by atoms with Crippen LogP contribution in [0.3, 0.4) is 0 Å². The molecule has 0 spiro atoms. The highest BCUT2D eigenvalue weighted by molar-refractivity contribution is 5.92. The number of piperazine rings is 1. The van der Waals surface area contributed by atoms with Gasteiger partial charge in [-0.1, -0.05) is 47.6 Å².